The van der Waals surface area contributed by atoms with E-state index in [1.54, 1.807) is 0 Å². The molecule has 3 fully saturated rings. The maximum atomic E-state index is 13.7. The van der Waals surface area contributed by atoms with Gasteiger partial charge in [-0.25, -0.2) is 14.9 Å². The number of benzene rings is 2. The number of anilines is 1. The third-order valence-electron chi connectivity index (χ3n) is 6.48. The first-order valence-corrected chi connectivity index (χ1v) is 10.5. The number of carbonyl (C=O) groups excluding carboxylic acids is 2. The Labute approximate surface area is 175 Å². The van der Waals surface area contributed by atoms with Crippen LogP contribution in [0, 0.1) is 26.7 Å². The lowest BCUT2D eigenvalue weighted by atomic mass is 9.90. The molecule has 0 N–H and O–H groups in total. The quantitative estimate of drug-likeness (QED) is 0.707. The Morgan fingerprint density at radius 1 is 0.862 bits per heavy atom. The molecule has 0 bridgehead atoms. The molecule has 150 valence electrons. The van der Waals surface area contributed by atoms with Gasteiger partial charge in [0.05, 0.1) is 17.6 Å². The zero-order valence-electron chi connectivity index (χ0n) is 16.9. The Balaban J connectivity index is 1.61. The monoisotopic (exact) mass is 409 g/mol. The van der Waals surface area contributed by atoms with Gasteiger partial charge in [-0.05, 0) is 56.0 Å². The fraction of sp³-hybridized carbons (Fsp3) is 0.391. The van der Waals surface area contributed by atoms with E-state index in [0.29, 0.717) is 5.02 Å². The maximum absolute atomic E-state index is 13.7. The average Bonchev–Trinajstić information content (AvgIpc) is 3.30. The summed E-state index contributed by atoms with van der Waals surface area (Å²) in [7, 11) is 0. The molecule has 0 spiro atoms. The molecule has 29 heavy (non-hydrogen) atoms. The summed E-state index contributed by atoms with van der Waals surface area (Å²) in [5.74, 6) is -0.591. The normalized spacial score (nSPS) is 27.0. The van der Waals surface area contributed by atoms with E-state index < -0.39 is 12.0 Å². The molecule has 3 aliphatic heterocycles. The van der Waals surface area contributed by atoms with Crippen LogP contribution in [0.3, 0.4) is 0 Å². The second-order valence-electron chi connectivity index (χ2n) is 8.41. The minimum absolute atomic E-state index is 0.0931. The van der Waals surface area contributed by atoms with Crippen LogP contribution in [-0.4, -0.2) is 41.0 Å². The molecule has 0 aliphatic carbocycles. The molecule has 5 rings (SSSR count). The first kappa shape index (κ1) is 18.8. The minimum atomic E-state index is -0.425. The van der Waals surface area contributed by atoms with Crippen LogP contribution in [0.2, 0.25) is 5.02 Å². The highest BCUT2D eigenvalue weighted by Crippen LogP contribution is 2.49. The van der Waals surface area contributed by atoms with E-state index in [0.717, 1.165) is 47.5 Å². The van der Waals surface area contributed by atoms with Crippen LogP contribution in [0.1, 0.15) is 34.7 Å². The van der Waals surface area contributed by atoms with Crippen LogP contribution in [0.25, 0.3) is 0 Å². The van der Waals surface area contributed by atoms with Crippen LogP contribution in [-0.2, 0) is 9.59 Å². The van der Waals surface area contributed by atoms with Crippen LogP contribution in [0.5, 0.6) is 0 Å². The molecular formula is C23H24ClN3O2. The summed E-state index contributed by atoms with van der Waals surface area (Å²) in [6.45, 7) is 7.66. The van der Waals surface area contributed by atoms with E-state index in [1.807, 2.05) is 57.2 Å². The van der Waals surface area contributed by atoms with Gasteiger partial charge in [-0.2, -0.15) is 0 Å². The van der Waals surface area contributed by atoms with E-state index in [4.69, 9.17) is 11.6 Å². The van der Waals surface area contributed by atoms with Crippen LogP contribution in [0.4, 0.5) is 5.69 Å². The van der Waals surface area contributed by atoms with E-state index in [9.17, 15) is 9.59 Å². The topological polar surface area (TPSA) is 43.9 Å². The lowest BCUT2D eigenvalue weighted by Gasteiger charge is -2.30. The second kappa shape index (κ2) is 6.66. The summed E-state index contributed by atoms with van der Waals surface area (Å²) >= 11 is 6.09. The number of halogens is 1. The number of imide groups is 1. The third-order valence-corrected chi connectivity index (χ3v) is 6.73. The predicted octanol–water partition coefficient (Wildman–Crippen LogP) is 3.80. The van der Waals surface area contributed by atoms with Gasteiger partial charge in [0, 0.05) is 18.1 Å². The van der Waals surface area contributed by atoms with Gasteiger partial charge in [-0.3, -0.25) is 9.59 Å². The highest BCUT2D eigenvalue weighted by atomic mass is 35.5. The molecular weight excluding hydrogens is 386 g/mol. The Morgan fingerprint density at radius 2 is 1.45 bits per heavy atom. The van der Waals surface area contributed by atoms with Crippen molar-refractivity contribution < 1.29 is 9.59 Å². The van der Waals surface area contributed by atoms with Crippen molar-refractivity contribution in [2.24, 2.45) is 5.92 Å². The Hall–Kier alpha value is -2.21. The number of amides is 2. The number of hydrogen-bond acceptors (Lipinski definition) is 4. The molecule has 6 heteroatoms. The van der Waals surface area contributed by atoms with Gasteiger partial charge >= 0.3 is 0 Å². The van der Waals surface area contributed by atoms with E-state index in [2.05, 4.69) is 10.0 Å². The molecule has 0 unspecified atom stereocenters. The number of hydrazine groups is 1. The van der Waals surface area contributed by atoms with E-state index in [1.165, 1.54) is 4.90 Å². The molecule has 3 atom stereocenters. The first-order chi connectivity index (χ1) is 13.9. The summed E-state index contributed by atoms with van der Waals surface area (Å²) in [5.41, 5.74) is 4.85. The fourth-order valence-electron chi connectivity index (χ4n) is 5.52. The number of carbonyl (C=O) groups is 2. The smallest absolute Gasteiger partial charge is 0.253 e. The van der Waals surface area contributed by atoms with Crippen molar-refractivity contribution in [2.75, 3.05) is 18.0 Å². The molecule has 5 nitrogen and oxygen atoms in total. The van der Waals surface area contributed by atoms with Crippen molar-refractivity contribution in [1.29, 1.82) is 0 Å². The molecule has 0 radical (unpaired) electrons. The number of rotatable bonds is 2. The largest absolute Gasteiger partial charge is 0.274 e. The fourth-order valence-corrected chi connectivity index (χ4v) is 5.64. The molecule has 3 saturated heterocycles. The van der Waals surface area contributed by atoms with Crippen molar-refractivity contribution in [3.8, 4) is 0 Å². The van der Waals surface area contributed by atoms with Crippen molar-refractivity contribution in [2.45, 2.75) is 39.3 Å². The van der Waals surface area contributed by atoms with Crippen LogP contribution < -0.4 is 4.90 Å². The first-order valence-electron chi connectivity index (χ1n) is 10.1. The van der Waals surface area contributed by atoms with Gasteiger partial charge in [0.1, 0.15) is 6.04 Å². The second-order valence-corrected chi connectivity index (χ2v) is 8.84. The SMILES string of the molecule is Cc1cc(C)c(N2C(=O)[C@H]3[C@@H](c4ccc(Cl)cc4)N4CCCN4[C@H]3C2=O)c(C)c1. The summed E-state index contributed by atoms with van der Waals surface area (Å²) in [4.78, 5) is 28.7. The Bertz CT molecular complexity index is 996. The van der Waals surface area contributed by atoms with Crippen molar-refractivity contribution >= 4 is 29.1 Å². The molecule has 2 amide bonds. The van der Waals surface area contributed by atoms with Crippen molar-refractivity contribution in [3.05, 3.63) is 63.7 Å². The predicted molar refractivity (Wildman–Crippen MR) is 113 cm³/mol. The average molecular weight is 410 g/mol. The Morgan fingerprint density at radius 3 is 2.07 bits per heavy atom. The molecule has 0 saturated carbocycles. The van der Waals surface area contributed by atoms with Gasteiger partial charge in [0.2, 0.25) is 5.91 Å². The highest BCUT2D eigenvalue weighted by molar-refractivity contribution is 6.30. The lowest BCUT2D eigenvalue weighted by Crippen LogP contribution is -2.44. The minimum Gasteiger partial charge on any atom is -0.274 e. The van der Waals surface area contributed by atoms with Gasteiger partial charge in [-0.15, -0.1) is 0 Å². The number of hydrogen-bond donors (Lipinski definition) is 0. The van der Waals surface area contributed by atoms with Gasteiger partial charge in [0.25, 0.3) is 5.91 Å². The summed E-state index contributed by atoms with van der Waals surface area (Å²) in [5, 5.41) is 5.02. The molecule has 3 aliphatic rings. The summed E-state index contributed by atoms with van der Waals surface area (Å²) in [6.07, 6.45) is 0.997. The molecule has 0 aromatic heterocycles. The van der Waals surface area contributed by atoms with Gasteiger partial charge in [-0.1, -0.05) is 41.4 Å². The molecule has 3 heterocycles. The van der Waals surface area contributed by atoms with Crippen molar-refractivity contribution in [1.82, 2.24) is 10.0 Å². The summed E-state index contributed by atoms with van der Waals surface area (Å²) < 4.78 is 0. The number of fused-ring (bicyclic) bond motifs is 3. The summed E-state index contributed by atoms with van der Waals surface area (Å²) in [6, 6.07) is 11.2. The van der Waals surface area contributed by atoms with Gasteiger partial charge < -0.3 is 0 Å². The van der Waals surface area contributed by atoms with E-state index >= 15 is 0 Å². The van der Waals surface area contributed by atoms with E-state index in [-0.39, 0.29) is 17.9 Å². The lowest BCUT2D eigenvalue weighted by molar-refractivity contribution is -0.126. The van der Waals surface area contributed by atoms with Crippen LogP contribution >= 0.6 is 11.6 Å². The van der Waals surface area contributed by atoms with Gasteiger partial charge in [0.15, 0.2) is 0 Å². The zero-order chi connectivity index (χ0) is 20.4. The zero-order valence-corrected chi connectivity index (χ0v) is 17.6. The third kappa shape index (κ3) is 2.68. The number of nitrogens with zero attached hydrogens (tertiary/aromatic N) is 3. The maximum Gasteiger partial charge on any atom is 0.253 e. The Kier molecular flexibility index (Phi) is 4.32. The number of aryl methyl sites for hydroxylation is 3. The molecule has 2 aromatic carbocycles. The highest BCUT2D eigenvalue weighted by Gasteiger charge is 2.63. The van der Waals surface area contributed by atoms with Crippen LogP contribution in [0.15, 0.2) is 36.4 Å². The standard InChI is InChI=1S/C23H24ClN3O2/c1-13-11-14(2)19(15(3)12-13)27-22(28)18-20(16-5-7-17(24)8-6-16)25-9-4-10-26(25)21(18)23(27)29/h5-8,11-12,18,20-21H,4,9-10H2,1-3H3/t18-,20+,21+/m0/s1. The van der Waals surface area contributed by atoms with Crippen molar-refractivity contribution in [3.63, 3.8) is 0 Å². The molecule has 2 aromatic rings.